The Bertz CT molecular complexity index is 365. The minimum absolute atomic E-state index is 0.625. The second-order valence-electron chi connectivity index (χ2n) is 5.37. The molecule has 1 aromatic heterocycles. The molecule has 2 rings (SSSR count). The summed E-state index contributed by atoms with van der Waals surface area (Å²) in [4.78, 5) is 4.34. The fourth-order valence-electron chi connectivity index (χ4n) is 2.61. The molecule has 1 aliphatic rings. The summed E-state index contributed by atoms with van der Waals surface area (Å²) in [5, 5.41) is 7.00. The third-order valence-electron chi connectivity index (χ3n) is 3.78. The molecule has 0 spiro atoms. The lowest BCUT2D eigenvalue weighted by atomic mass is 9.86. The molecule has 3 heteroatoms. The average Bonchev–Trinajstić information content (AvgIpc) is 2.40. The van der Waals surface area contributed by atoms with Crippen LogP contribution in [0.4, 0.5) is 11.5 Å². The second kappa shape index (κ2) is 6.62. The van der Waals surface area contributed by atoms with Gasteiger partial charge in [-0.1, -0.05) is 26.7 Å². The van der Waals surface area contributed by atoms with E-state index >= 15 is 0 Å². The van der Waals surface area contributed by atoms with Gasteiger partial charge in [-0.05, 0) is 31.2 Å². The van der Waals surface area contributed by atoms with Gasteiger partial charge in [0.1, 0.15) is 5.82 Å². The van der Waals surface area contributed by atoms with Crippen molar-refractivity contribution in [2.45, 2.75) is 52.0 Å². The summed E-state index contributed by atoms with van der Waals surface area (Å²) < 4.78 is 0. The molecule has 0 saturated heterocycles. The van der Waals surface area contributed by atoms with Crippen LogP contribution in [-0.2, 0) is 0 Å². The Morgan fingerprint density at radius 3 is 2.94 bits per heavy atom. The first-order chi connectivity index (χ1) is 8.79. The summed E-state index contributed by atoms with van der Waals surface area (Å²) in [7, 11) is 0. The Morgan fingerprint density at radius 2 is 2.17 bits per heavy atom. The molecule has 1 aliphatic carbocycles. The van der Waals surface area contributed by atoms with Gasteiger partial charge in [0, 0.05) is 30.5 Å². The van der Waals surface area contributed by atoms with Crippen molar-refractivity contribution >= 4 is 11.5 Å². The summed E-state index contributed by atoms with van der Waals surface area (Å²) in [6.07, 6.45) is 8.39. The Balaban J connectivity index is 1.95. The Kier molecular flexibility index (Phi) is 4.85. The normalized spacial score (nSPS) is 23.7. The number of nitrogens with one attached hydrogen (secondary N) is 2. The lowest BCUT2D eigenvalue weighted by molar-refractivity contribution is 0.349. The quantitative estimate of drug-likeness (QED) is 0.828. The van der Waals surface area contributed by atoms with Crippen molar-refractivity contribution in [3.63, 3.8) is 0 Å². The molecule has 100 valence electrons. The van der Waals surface area contributed by atoms with E-state index in [1.165, 1.54) is 31.4 Å². The predicted molar refractivity (Wildman–Crippen MR) is 78.1 cm³/mol. The van der Waals surface area contributed by atoms with Crippen molar-refractivity contribution in [1.29, 1.82) is 0 Å². The maximum atomic E-state index is 4.34. The zero-order valence-corrected chi connectivity index (χ0v) is 11.6. The van der Waals surface area contributed by atoms with Crippen molar-refractivity contribution in [2.24, 2.45) is 5.92 Å². The summed E-state index contributed by atoms with van der Waals surface area (Å²) >= 11 is 0. The van der Waals surface area contributed by atoms with E-state index in [9.17, 15) is 0 Å². The van der Waals surface area contributed by atoms with E-state index in [1.807, 2.05) is 6.20 Å². The molecule has 18 heavy (non-hydrogen) atoms. The number of rotatable bonds is 5. The minimum atomic E-state index is 0.625. The fourth-order valence-corrected chi connectivity index (χ4v) is 2.61. The van der Waals surface area contributed by atoms with E-state index in [4.69, 9.17) is 0 Å². The summed E-state index contributed by atoms with van der Waals surface area (Å²) in [6.45, 7) is 5.50. The van der Waals surface area contributed by atoms with Crippen molar-refractivity contribution in [2.75, 3.05) is 17.2 Å². The van der Waals surface area contributed by atoms with Crippen LogP contribution in [0.3, 0.4) is 0 Å². The smallest absolute Gasteiger partial charge is 0.127 e. The fraction of sp³-hybridized carbons (Fsp3) is 0.667. The Morgan fingerprint density at radius 1 is 1.33 bits per heavy atom. The molecule has 2 atom stereocenters. The molecule has 1 aromatic rings. The molecular formula is C15H25N3. The van der Waals surface area contributed by atoms with Crippen LogP contribution in [0.2, 0.25) is 0 Å². The van der Waals surface area contributed by atoms with E-state index in [2.05, 4.69) is 41.6 Å². The minimum Gasteiger partial charge on any atom is -0.382 e. The van der Waals surface area contributed by atoms with Gasteiger partial charge < -0.3 is 10.6 Å². The molecule has 0 aliphatic heterocycles. The van der Waals surface area contributed by atoms with Crippen LogP contribution in [0.1, 0.15) is 46.0 Å². The third kappa shape index (κ3) is 3.62. The maximum absolute atomic E-state index is 4.34. The molecule has 0 aromatic carbocycles. The molecule has 0 amide bonds. The maximum Gasteiger partial charge on any atom is 0.127 e. The average molecular weight is 247 g/mol. The Labute approximate surface area is 110 Å². The van der Waals surface area contributed by atoms with Crippen LogP contribution >= 0.6 is 0 Å². The van der Waals surface area contributed by atoms with Crippen LogP contribution in [0.5, 0.6) is 0 Å². The third-order valence-corrected chi connectivity index (χ3v) is 3.78. The molecule has 0 bridgehead atoms. The molecule has 1 saturated carbocycles. The van der Waals surface area contributed by atoms with Gasteiger partial charge in [-0.15, -0.1) is 0 Å². The van der Waals surface area contributed by atoms with Gasteiger partial charge in [0.15, 0.2) is 0 Å². The SMILES string of the molecule is CCCNc1cc(NC2CCCCC2C)ccn1. The van der Waals surface area contributed by atoms with E-state index in [1.54, 1.807) is 0 Å². The first-order valence-corrected chi connectivity index (χ1v) is 7.26. The van der Waals surface area contributed by atoms with E-state index in [0.29, 0.717) is 6.04 Å². The Hall–Kier alpha value is -1.25. The molecule has 1 fully saturated rings. The van der Waals surface area contributed by atoms with Gasteiger partial charge in [0.2, 0.25) is 0 Å². The molecule has 1 heterocycles. The van der Waals surface area contributed by atoms with Crippen molar-refractivity contribution in [1.82, 2.24) is 4.98 Å². The van der Waals surface area contributed by atoms with Gasteiger partial charge in [-0.25, -0.2) is 4.98 Å². The summed E-state index contributed by atoms with van der Waals surface area (Å²) in [5.41, 5.74) is 1.20. The van der Waals surface area contributed by atoms with Gasteiger partial charge in [0.25, 0.3) is 0 Å². The van der Waals surface area contributed by atoms with E-state index < -0.39 is 0 Å². The number of aromatic nitrogens is 1. The van der Waals surface area contributed by atoms with Gasteiger partial charge in [-0.2, -0.15) is 0 Å². The monoisotopic (exact) mass is 247 g/mol. The van der Waals surface area contributed by atoms with Crippen LogP contribution in [0.15, 0.2) is 18.3 Å². The van der Waals surface area contributed by atoms with Gasteiger partial charge >= 0.3 is 0 Å². The molecule has 2 N–H and O–H groups in total. The topological polar surface area (TPSA) is 37.0 Å². The second-order valence-corrected chi connectivity index (χ2v) is 5.37. The highest BCUT2D eigenvalue weighted by molar-refractivity contribution is 5.52. The standard InChI is InChI=1S/C15H25N3/c1-3-9-16-15-11-13(8-10-17-15)18-14-7-5-4-6-12(14)2/h8,10-12,14H,3-7,9H2,1-2H3,(H2,16,17,18). The van der Waals surface area contributed by atoms with Gasteiger partial charge in [-0.3, -0.25) is 0 Å². The summed E-state index contributed by atoms with van der Waals surface area (Å²) in [5.74, 6) is 1.75. The highest BCUT2D eigenvalue weighted by atomic mass is 15.0. The highest BCUT2D eigenvalue weighted by Gasteiger charge is 2.20. The largest absolute Gasteiger partial charge is 0.382 e. The van der Waals surface area contributed by atoms with E-state index in [0.717, 1.165) is 24.7 Å². The first-order valence-electron chi connectivity index (χ1n) is 7.26. The number of anilines is 2. The van der Waals surface area contributed by atoms with Gasteiger partial charge in [0.05, 0.1) is 0 Å². The number of hydrogen-bond acceptors (Lipinski definition) is 3. The van der Waals surface area contributed by atoms with Crippen molar-refractivity contribution < 1.29 is 0 Å². The zero-order chi connectivity index (χ0) is 12.8. The zero-order valence-electron chi connectivity index (χ0n) is 11.6. The van der Waals surface area contributed by atoms with Crippen LogP contribution in [-0.4, -0.2) is 17.6 Å². The molecule has 0 radical (unpaired) electrons. The van der Waals surface area contributed by atoms with Crippen molar-refractivity contribution in [3.05, 3.63) is 18.3 Å². The first kappa shape index (κ1) is 13.2. The van der Waals surface area contributed by atoms with Crippen LogP contribution in [0, 0.1) is 5.92 Å². The van der Waals surface area contributed by atoms with Crippen LogP contribution in [0.25, 0.3) is 0 Å². The summed E-state index contributed by atoms with van der Waals surface area (Å²) in [6, 6.07) is 4.82. The lowest BCUT2D eigenvalue weighted by Crippen LogP contribution is -2.30. The predicted octanol–water partition coefficient (Wildman–Crippen LogP) is 3.89. The van der Waals surface area contributed by atoms with Crippen LogP contribution < -0.4 is 10.6 Å². The molecule has 3 nitrogen and oxygen atoms in total. The molecule has 2 unspecified atom stereocenters. The molecular weight excluding hydrogens is 222 g/mol. The number of pyridine rings is 1. The number of hydrogen-bond donors (Lipinski definition) is 2. The van der Waals surface area contributed by atoms with E-state index in [-0.39, 0.29) is 0 Å². The van der Waals surface area contributed by atoms with Crippen molar-refractivity contribution in [3.8, 4) is 0 Å². The lowest BCUT2D eigenvalue weighted by Gasteiger charge is -2.30. The highest BCUT2D eigenvalue weighted by Crippen LogP contribution is 2.27. The number of nitrogens with zero attached hydrogens (tertiary/aromatic N) is 1.